The van der Waals surface area contributed by atoms with Crippen LogP contribution in [-0.4, -0.2) is 22.1 Å². The number of carbonyl (C=O) groups excluding carboxylic acids is 1. The van der Waals surface area contributed by atoms with Gasteiger partial charge in [0.05, 0.1) is 0 Å². The lowest BCUT2D eigenvalue weighted by Gasteiger charge is -2.12. The Morgan fingerprint density at radius 1 is 1.32 bits per heavy atom. The van der Waals surface area contributed by atoms with E-state index in [9.17, 15) is 14.7 Å². The summed E-state index contributed by atoms with van der Waals surface area (Å²) >= 11 is 0. The van der Waals surface area contributed by atoms with Gasteiger partial charge in [0.2, 0.25) is 5.88 Å². The van der Waals surface area contributed by atoms with Gasteiger partial charge in [0.1, 0.15) is 5.56 Å². The Balaban J connectivity index is 2.72. The van der Waals surface area contributed by atoms with E-state index in [1.165, 1.54) is 7.05 Å². The second kappa shape index (κ2) is 5.14. The number of amides is 1. The second-order valence-electron chi connectivity index (χ2n) is 4.36. The normalized spacial score (nSPS) is 10.6. The molecule has 0 aliphatic heterocycles. The van der Waals surface area contributed by atoms with Gasteiger partial charge < -0.3 is 10.4 Å². The summed E-state index contributed by atoms with van der Waals surface area (Å²) in [4.78, 5) is 24.1. The SMILES string of the molecule is CCCNC(=O)c1c(O)n(C)c(=O)c2ccccc12. The number of pyridine rings is 1. The Morgan fingerprint density at radius 2 is 1.95 bits per heavy atom. The van der Waals surface area contributed by atoms with Crippen LogP contribution in [0, 0.1) is 0 Å². The van der Waals surface area contributed by atoms with Crippen LogP contribution in [0.15, 0.2) is 29.1 Å². The molecule has 2 N–H and O–H groups in total. The number of fused-ring (bicyclic) bond motifs is 1. The highest BCUT2D eigenvalue weighted by molar-refractivity contribution is 6.08. The van der Waals surface area contributed by atoms with Crippen molar-refractivity contribution in [2.75, 3.05) is 6.54 Å². The number of aromatic nitrogens is 1. The molecule has 0 radical (unpaired) electrons. The zero-order chi connectivity index (χ0) is 14.0. The standard InChI is InChI=1S/C14H16N2O3/c1-3-8-15-12(17)11-9-6-4-5-7-10(9)13(18)16(2)14(11)19/h4-7,19H,3,8H2,1-2H3,(H,15,17). The summed E-state index contributed by atoms with van der Waals surface area (Å²) in [6.07, 6.45) is 0.802. The Morgan fingerprint density at radius 3 is 2.58 bits per heavy atom. The summed E-state index contributed by atoms with van der Waals surface area (Å²) < 4.78 is 1.09. The van der Waals surface area contributed by atoms with Crippen LogP contribution in [0.1, 0.15) is 23.7 Å². The minimum atomic E-state index is -0.369. The Hall–Kier alpha value is -2.30. The highest BCUT2D eigenvalue weighted by atomic mass is 16.3. The van der Waals surface area contributed by atoms with Gasteiger partial charge in [-0.15, -0.1) is 0 Å². The molecule has 19 heavy (non-hydrogen) atoms. The van der Waals surface area contributed by atoms with Crippen molar-refractivity contribution in [3.05, 3.63) is 40.2 Å². The number of aromatic hydroxyl groups is 1. The first kappa shape index (κ1) is 13.1. The van der Waals surface area contributed by atoms with E-state index in [1.807, 2.05) is 6.92 Å². The van der Waals surface area contributed by atoms with Gasteiger partial charge in [-0.05, 0) is 12.5 Å². The van der Waals surface area contributed by atoms with E-state index in [4.69, 9.17) is 0 Å². The number of benzene rings is 1. The zero-order valence-electron chi connectivity index (χ0n) is 10.9. The molecule has 0 bridgehead atoms. The second-order valence-corrected chi connectivity index (χ2v) is 4.36. The molecule has 0 spiro atoms. The van der Waals surface area contributed by atoms with Crippen LogP contribution in [0.5, 0.6) is 5.88 Å². The number of carbonyl (C=O) groups is 1. The third kappa shape index (κ3) is 2.19. The first-order valence-electron chi connectivity index (χ1n) is 6.16. The van der Waals surface area contributed by atoms with Crippen molar-refractivity contribution >= 4 is 16.7 Å². The van der Waals surface area contributed by atoms with Crippen molar-refractivity contribution in [3.8, 4) is 5.88 Å². The van der Waals surface area contributed by atoms with Crippen molar-refractivity contribution in [1.29, 1.82) is 0 Å². The number of nitrogens with one attached hydrogen (secondary N) is 1. The van der Waals surface area contributed by atoms with E-state index in [-0.39, 0.29) is 22.9 Å². The van der Waals surface area contributed by atoms with Gasteiger partial charge in [0.25, 0.3) is 11.5 Å². The van der Waals surface area contributed by atoms with Gasteiger partial charge in [0.15, 0.2) is 0 Å². The maximum absolute atomic E-state index is 12.1. The van der Waals surface area contributed by atoms with E-state index in [0.29, 0.717) is 17.3 Å². The maximum atomic E-state index is 12.1. The van der Waals surface area contributed by atoms with Crippen LogP contribution in [-0.2, 0) is 7.05 Å². The summed E-state index contributed by atoms with van der Waals surface area (Å²) in [5.74, 6) is -0.677. The molecule has 0 aliphatic rings. The average molecular weight is 260 g/mol. The molecule has 0 aliphatic carbocycles. The topological polar surface area (TPSA) is 71.3 Å². The van der Waals surface area contributed by atoms with E-state index in [0.717, 1.165) is 11.0 Å². The van der Waals surface area contributed by atoms with Crippen LogP contribution in [0.4, 0.5) is 0 Å². The number of nitrogens with zero attached hydrogens (tertiary/aromatic N) is 1. The number of hydrogen-bond acceptors (Lipinski definition) is 3. The van der Waals surface area contributed by atoms with Crippen LogP contribution in [0.25, 0.3) is 10.8 Å². The highest BCUT2D eigenvalue weighted by Crippen LogP contribution is 2.23. The molecular weight excluding hydrogens is 244 g/mol. The van der Waals surface area contributed by atoms with Gasteiger partial charge in [-0.3, -0.25) is 14.2 Å². The largest absolute Gasteiger partial charge is 0.494 e. The molecular formula is C14H16N2O3. The monoisotopic (exact) mass is 260 g/mol. The Kier molecular flexibility index (Phi) is 3.55. The third-order valence-electron chi connectivity index (χ3n) is 3.04. The first-order valence-corrected chi connectivity index (χ1v) is 6.16. The lowest BCUT2D eigenvalue weighted by atomic mass is 10.1. The van der Waals surface area contributed by atoms with Crippen molar-refractivity contribution in [3.63, 3.8) is 0 Å². The fourth-order valence-corrected chi connectivity index (χ4v) is 2.00. The smallest absolute Gasteiger partial charge is 0.260 e. The van der Waals surface area contributed by atoms with Gasteiger partial charge in [-0.1, -0.05) is 25.1 Å². The van der Waals surface area contributed by atoms with Crippen molar-refractivity contribution in [1.82, 2.24) is 9.88 Å². The molecule has 0 saturated carbocycles. The summed E-state index contributed by atoms with van der Waals surface area (Å²) in [5.41, 5.74) is -0.175. The predicted octanol–water partition coefficient (Wildman–Crippen LogP) is 1.38. The summed E-state index contributed by atoms with van der Waals surface area (Å²) in [7, 11) is 1.45. The average Bonchev–Trinajstić information content (AvgIpc) is 2.43. The molecule has 2 aromatic rings. The van der Waals surface area contributed by atoms with Crippen LogP contribution < -0.4 is 10.9 Å². The molecule has 5 nitrogen and oxygen atoms in total. The van der Waals surface area contributed by atoms with Crippen LogP contribution in [0.3, 0.4) is 0 Å². The summed E-state index contributed by atoms with van der Waals surface area (Å²) in [6.45, 7) is 2.47. The summed E-state index contributed by atoms with van der Waals surface area (Å²) in [5, 5.41) is 13.7. The molecule has 100 valence electrons. The van der Waals surface area contributed by atoms with Crippen molar-refractivity contribution in [2.24, 2.45) is 7.05 Å². The molecule has 0 unspecified atom stereocenters. The lowest BCUT2D eigenvalue weighted by molar-refractivity contribution is 0.0951. The van der Waals surface area contributed by atoms with E-state index < -0.39 is 0 Å². The first-order chi connectivity index (χ1) is 9.07. The number of hydrogen-bond donors (Lipinski definition) is 2. The molecule has 2 rings (SSSR count). The molecule has 0 fully saturated rings. The molecule has 0 saturated heterocycles. The van der Waals surface area contributed by atoms with Gasteiger partial charge in [-0.2, -0.15) is 0 Å². The van der Waals surface area contributed by atoms with Gasteiger partial charge in [0, 0.05) is 24.4 Å². The fraction of sp³-hybridized carbons (Fsp3) is 0.286. The fourth-order valence-electron chi connectivity index (χ4n) is 2.00. The Bertz CT molecular complexity index is 689. The Labute approximate surface area is 110 Å². The predicted molar refractivity (Wildman–Crippen MR) is 73.5 cm³/mol. The lowest BCUT2D eigenvalue weighted by Crippen LogP contribution is -2.27. The van der Waals surface area contributed by atoms with Crippen LogP contribution >= 0.6 is 0 Å². The van der Waals surface area contributed by atoms with Crippen molar-refractivity contribution < 1.29 is 9.90 Å². The quantitative estimate of drug-likeness (QED) is 0.876. The van der Waals surface area contributed by atoms with Crippen molar-refractivity contribution in [2.45, 2.75) is 13.3 Å². The molecule has 1 amide bonds. The molecule has 0 atom stereocenters. The maximum Gasteiger partial charge on any atom is 0.260 e. The highest BCUT2D eigenvalue weighted by Gasteiger charge is 2.19. The molecule has 1 aromatic carbocycles. The van der Waals surface area contributed by atoms with E-state index >= 15 is 0 Å². The summed E-state index contributed by atoms with van der Waals surface area (Å²) in [6, 6.07) is 6.78. The van der Waals surface area contributed by atoms with E-state index in [2.05, 4.69) is 5.32 Å². The van der Waals surface area contributed by atoms with E-state index in [1.54, 1.807) is 24.3 Å². The third-order valence-corrected chi connectivity index (χ3v) is 3.04. The zero-order valence-corrected chi connectivity index (χ0v) is 10.9. The molecule has 1 heterocycles. The number of rotatable bonds is 3. The van der Waals surface area contributed by atoms with Gasteiger partial charge in [-0.25, -0.2) is 0 Å². The minimum absolute atomic E-state index is 0.145. The van der Waals surface area contributed by atoms with Crippen LogP contribution in [0.2, 0.25) is 0 Å². The molecule has 5 heteroatoms. The molecule has 1 aromatic heterocycles. The minimum Gasteiger partial charge on any atom is -0.494 e. The van der Waals surface area contributed by atoms with Gasteiger partial charge >= 0.3 is 0 Å².